The Morgan fingerprint density at radius 3 is 2.44 bits per heavy atom. The summed E-state index contributed by atoms with van der Waals surface area (Å²) >= 11 is 1.52. The van der Waals surface area contributed by atoms with Crippen LogP contribution in [0.3, 0.4) is 0 Å². The van der Waals surface area contributed by atoms with Gasteiger partial charge in [0.1, 0.15) is 0 Å². The highest BCUT2D eigenvalue weighted by atomic mass is 32.2. The number of rotatable bonds is 10. The van der Waals surface area contributed by atoms with E-state index < -0.39 is 0 Å². The molecule has 3 nitrogen and oxygen atoms in total. The first-order chi connectivity index (χ1) is 7.70. The molecule has 0 aromatic heterocycles. The number of aliphatic hydroxyl groups is 1. The van der Waals surface area contributed by atoms with Gasteiger partial charge in [0.05, 0.1) is 6.61 Å². The maximum Gasteiger partial charge on any atom is 0.303 e. The van der Waals surface area contributed by atoms with Gasteiger partial charge < -0.3 is 9.84 Å². The number of aliphatic hydroxyl groups excluding tert-OH is 1. The molecule has 0 aliphatic heterocycles. The lowest BCUT2D eigenvalue weighted by Gasteiger charge is -2.13. The van der Waals surface area contributed by atoms with Gasteiger partial charge in [-0.3, -0.25) is 4.79 Å². The van der Waals surface area contributed by atoms with Crippen molar-refractivity contribution in [1.82, 2.24) is 0 Å². The Morgan fingerprint density at radius 2 is 1.88 bits per heavy atom. The molecule has 0 radical (unpaired) electrons. The quantitative estimate of drug-likeness (QED) is 0.367. The molecule has 4 heteroatoms. The Labute approximate surface area is 103 Å². The molecule has 0 aromatic carbocycles. The summed E-state index contributed by atoms with van der Waals surface area (Å²) < 4.78 is 4.92. The van der Waals surface area contributed by atoms with Crippen LogP contribution < -0.4 is 0 Å². The van der Waals surface area contributed by atoms with Crippen molar-refractivity contribution in [2.24, 2.45) is 0 Å². The first kappa shape index (κ1) is 15.8. The van der Waals surface area contributed by atoms with Gasteiger partial charge in [0.25, 0.3) is 0 Å². The van der Waals surface area contributed by atoms with Gasteiger partial charge in [-0.2, -0.15) is 0 Å². The topological polar surface area (TPSA) is 46.5 Å². The summed E-state index contributed by atoms with van der Waals surface area (Å²) in [6, 6.07) is 0. The minimum absolute atomic E-state index is 0.0971. The number of unbranched alkanes of at least 4 members (excludes halogenated alkanes) is 5. The zero-order valence-corrected chi connectivity index (χ0v) is 11.2. The monoisotopic (exact) mass is 248 g/mol. The molecule has 0 aliphatic rings. The van der Waals surface area contributed by atoms with Gasteiger partial charge in [-0.25, -0.2) is 0 Å². The third kappa shape index (κ3) is 10.3. The number of carbonyl (C=O) groups excluding carboxylic acids is 1. The second-order valence-corrected chi connectivity index (χ2v) is 5.13. The molecule has 1 N–H and O–H groups in total. The maximum absolute atomic E-state index is 10.7. The molecule has 0 bridgehead atoms. The van der Waals surface area contributed by atoms with Crippen LogP contribution >= 0.6 is 11.8 Å². The second-order valence-electron chi connectivity index (χ2n) is 3.86. The zero-order chi connectivity index (χ0) is 12.2. The number of thioether (sulfide) groups is 1. The molecule has 0 unspecified atom stereocenters. The molecular formula is C12H24O3S. The van der Waals surface area contributed by atoms with E-state index in [9.17, 15) is 4.79 Å². The van der Waals surface area contributed by atoms with E-state index in [1.54, 1.807) is 0 Å². The van der Waals surface area contributed by atoms with Gasteiger partial charge in [-0.1, -0.05) is 39.0 Å². The highest BCUT2D eigenvalue weighted by molar-refractivity contribution is 7.99. The number of hydrogen-bond donors (Lipinski definition) is 1. The summed E-state index contributed by atoms with van der Waals surface area (Å²) in [5.74, 6) is 0.624. The van der Waals surface area contributed by atoms with E-state index in [1.165, 1.54) is 50.8 Å². The normalized spacial score (nSPS) is 12.4. The van der Waals surface area contributed by atoms with Crippen molar-refractivity contribution in [3.8, 4) is 0 Å². The van der Waals surface area contributed by atoms with Gasteiger partial charge in [0.15, 0.2) is 5.44 Å². The van der Waals surface area contributed by atoms with E-state index in [1.807, 2.05) is 0 Å². The first-order valence-corrected chi connectivity index (χ1v) is 7.15. The fourth-order valence-electron chi connectivity index (χ4n) is 1.41. The largest absolute Gasteiger partial charge is 0.449 e. The van der Waals surface area contributed by atoms with E-state index in [2.05, 4.69) is 6.92 Å². The molecule has 0 aliphatic carbocycles. The van der Waals surface area contributed by atoms with Gasteiger partial charge in [0.2, 0.25) is 0 Å². The molecule has 0 rings (SSSR count). The molecule has 16 heavy (non-hydrogen) atoms. The molecule has 0 amide bonds. The van der Waals surface area contributed by atoms with E-state index in [-0.39, 0.29) is 18.0 Å². The Bertz CT molecular complexity index is 174. The van der Waals surface area contributed by atoms with E-state index in [0.717, 1.165) is 12.2 Å². The number of ether oxygens (including phenoxy) is 1. The summed E-state index contributed by atoms with van der Waals surface area (Å²) in [5, 5.41) is 8.95. The van der Waals surface area contributed by atoms with Crippen LogP contribution in [0.15, 0.2) is 0 Å². The summed E-state index contributed by atoms with van der Waals surface area (Å²) in [6.45, 7) is 3.48. The van der Waals surface area contributed by atoms with E-state index in [0.29, 0.717) is 0 Å². The molecule has 0 saturated heterocycles. The fraction of sp³-hybridized carbons (Fsp3) is 0.917. The smallest absolute Gasteiger partial charge is 0.303 e. The highest BCUT2D eigenvalue weighted by Gasteiger charge is 2.09. The van der Waals surface area contributed by atoms with Gasteiger partial charge in [0, 0.05) is 6.92 Å². The SMILES string of the molecule is CCCCCCCCS[C@@H](CO)OC(C)=O. The third-order valence-corrected chi connectivity index (χ3v) is 3.39. The van der Waals surface area contributed by atoms with Crippen LogP contribution in [0.5, 0.6) is 0 Å². The Morgan fingerprint density at radius 1 is 1.25 bits per heavy atom. The Hall–Kier alpha value is -0.220. The van der Waals surface area contributed by atoms with Crippen LogP contribution in [0.2, 0.25) is 0 Å². The van der Waals surface area contributed by atoms with Crippen molar-refractivity contribution < 1.29 is 14.6 Å². The van der Waals surface area contributed by atoms with Gasteiger partial charge in [-0.05, 0) is 12.2 Å². The minimum atomic E-state index is -0.381. The Kier molecular flexibility index (Phi) is 11.1. The van der Waals surface area contributed by atoms with Crippen molar-refractivity contribution in [3.05, 3.63) is 0 Å². The lowest BCUT2D eigenvalue weighted by Crippen LogP contribution is -2.17. The molecule has 0 fully saturated rings. The summed E-state index contributed by atoms with van der Waals surface area (Å²) in [6.07, 6.45) is 7.55. The minimum Gasteiger partial charge on any atom is -0.449 e. The highest BCUT2D eigenvalue weighted by Crippen LogP contribution is 2.15. The first-order valence-electron chi connectivity index (χ1n) is 6.10. The standard InChI is InChI=1S/C12H24O3S/c1-3-4-5-6-7-8-9-16-12(10-13)15-11(2)14/h12-13H,3-10H2,1-2H3/t12-/m0/s1. The molecule has 0 heterocycles. The molecule has 0 spiro atoms. The van der Waals surface area contributed by atoms with Crippen molar-refractivity contribution in [3.63, 3.8) is 0 Å². The molecule has 0 aromatic rings. The third-order valence-electron chi connectivity index (χ3n) is 2.25. The van der Waals surface area contributed by atoms with E-state index >= 15 is 0 Å². The van der Waals surface area contributed by atoms with E-state index in [4.69, 9.17) is 9.84 Å². The summed E-state index contributed by atoms with van der Waals surface area (Å²) in [4.78, 5) is 10.7. The van der Waals surface area contributed by atoms with Crippen LogP contribution in [0.4, 0.5) is 0 Å². The van der Waals surface area contributed by atoms with Crippen molar-refractivity contribution in [1.29, 1.82) is 0 Å². The van der Waals surface area contributed by atoms with Crippen molar-refractivity contribution >= 4 is 17.7 Å². The average molecular weight is 248 g/mol. The van der Waals surface area contributed by atoms with Crippen LogP contribution in [-0.4, -0.2) is 28.9 Å². The predicted octanol–water partition coefficient (Wildman–Crippen LogP) is 2.96. The van der Waals surface area contributed by atoms with Crippen molar-refractivity contribution in [2.45, 2.75) is 57.8 Å². The lowest BCUT2D eigenvalue weighted by atomic mass is 10.1. The van der Waals surface area contributed by atoms with Crippen LogP contribution in [-0.2, 0) is 9.53 Å². The molecular weight excluding hydrogens is 224 g/mol. The van der Waals surface area contributed by atoms with Gasteiger partial charge in [-0.15, -0.1) is 11.8 Å². The lowest BCUT2D eigenvalue weighted by molar-refractivity contribution is -0.143. The number of carbonyl (C=O) groups is 1. The van der Waals surface area contributed by atoms with Crippen molar-refractivity contribution in [2.75, 3.05) is 12.4 Å². The fourth-order valence-corrected chi connectivity index (χ4v) is 2.35. The maximum atomic E-state index is 10.7. The Balaban J connectivity index is 3.31. The average Bonchev–Trinajstić information content (AvgIpc) is 2.25. The van der Waals surface area contributed by atoms with Crippen LogP contribution in [0.25, 0.3) is 0 Å². The number of esters is 1. The summed E-state index contributed by atoms with van der Waals surface area (Å²) in [7, 11) is 0. The van der Waals surface area contributed by atoms with Crippen LogP contribution in [0, 0.1) is 0 Å². The zero-order valence-electron chi connectivity index (χ0n) is 10.4. The molecule has 1 atom stereocenters. The number of hydrogen-bond acceptors (Lipinski definition) is 4. The second kappa shape index (κ2) is 11.3. The molecule has 0 saturated carbocycles. The van der Waals surface area contributed by atoms with Crippen LogP contribution in [0.1, 0.15) is 52.4 Å². The molecule has 96 valence electrons. The summed E-state index contributed by atoms with van der Waals surface area (Å²) in [5.41, 5.74) is -0.381. The predicted molar refractivity (Wildman–Crippen MR) is 68.5 cm³/mol. The van der Waals surface area contributed by atoms with Gasteiger partial charge >= 0.3 is 5.97 Å².